The van der Waals surface area contributed by atoms with Crippen molar-refractivity contribution >= 4 is 11.9 Å². The molecule has 0 saturated heterocycles. The molecule has 0 atom stereocenters. The number of nitrogens with one attached hydrogen (secondary N) is 3. The number of hydrogen-bond donors (Lipinski definition) is 6. The molecule has 0 aliphatic rings. The summed E-state index contributed by atoms with van der Waals surface area (Å²) >= 11 is 0. The average Bonchev–Trinajstić information content (AvgIpc) is 1.52. The van der Waals surface area contributed by atoms with Gasteiger partial charge >= 0.3 is 0 Å². The molecule has 0 radical (unpaired) electrons. The third kappa shape index (κ3) is 66.7. The van der Waals surface area contributed by atoms with E-state index in [2.05, 4.69) is 0 Å². The fourth-order valence-electron chi connectivity index (χ4n) is 0.145. The molecule has 0 aliphatic heterocycles. The Bertz CT molecular complexity index is 147. The fraction of sp³-hybridized carbons (Fsp3) is 0. The first-order valence-electron chi connectivity index (χ1n) is 2.21. The zero-order valence-corrected chi connectivity index (χ0v) is 6.46. The van der Waals surface area contributed by atoms with Crippen molar-refractivity contribution in [2.24, 2.45) is 11.5 Å². The van der Waals surface area contributed by atoms with Crippen molar-refractivity contribution < 1.29 is 28.9 Å². The summed E-state index contributed by atoms with van der Waals surface area (Å²) in [5.41, 5.74) is 9.49. The van der Waals surface area contributed by atoms with Crippen LogP contribution in [-0.2, 0) is 0 Å². The molecule has 0 aliphatic carbocycles. The second-order valence-electron chi connectivity index (χ2n) is 1.35. The zero-order chi connectivity index (χ0) is 10.4. The minimum absolute atomic E-state index is 0.312. The van der Waals surface area contributed by atoms with E-state index in [-0.39, 0.29) is 11.9 Å². The maximum Gasteiger partial charge on any atom is 0.192 e. The maximum atomic E-state index is 8.60. The van der Waals surface area contributed by atoms with Gasteiger partial charge in [-0.2, -0.15) is 14.0 Å². The van der Waals surface area contributed by atoms with E-state index in [9.17, 15) is 0 Å². The van der Waals surface area contributed by atoms with Crippen LogP contribution in [0.2, 0.25) is 0 Å². The van der Waals surface area contributed by atoms with Crippen molar-refractivity contribution in [2.75, 3.05) is 0 Å². The second kappa shape index (κ2) is 5.51. The van der Waals surface area contributed by atoms with Gasteiger partial charge in [-0.25, -0.2) is 0 Å². The lowest BCUT2D eigenvalue weighted by molar-refractivity contribution is -1.92. The molecule has 9 nitrogen and oxygen atoms in total. The van der Waals surface area contributed by atoms with Crippen molar-refractivity contribution in [3.63, 3.8) is 0 Å². The Kier molecular flexibility index (Phi) is 6.18. The van der Waals surface area contributed by atoms with Gasteiger partial charge in [0.1, 0.15) is 0 Å². The predicted molar refractivity (Wildman–Crippen MR) is 29.2 cm³/mol. The summed E-state index contributed by atoms with van der Waals surface area (Å²) in [4.78, 5) is 0. The molecule has 10 heteroatoms. The van der Waals surface area contributed by atoms with Crippen molar-refractivity contribution in [3.05, 3.63) is 0 Å². The summed E-state index contributed by atoms with van der Waals surface area (Å²) in [7, 11) is -4.69. The smallest absolute Gasteiger partial charge is 0.192 e. The van der Waals surface area contributed by atoms with Gasteiger partial charge < -0.3 is 11.5 Å². The first-order valence-corrected chi connectivity index (χ1v) is 3.47. The highest BCUT2D eigenvalue weighted by Crippen LogP contribution is 1.60. The van der Waals surface area contributed by atoms with E-state index >= 15 is 0 Å². The van der Waals surface area contributed by atoms with Gasteiger partial charge in [0.2, 0.25) is 0 Å². The van der Waals surface area contributed by atoms with E-state index in [0.717, 1.165) is 0 Å². The third-order valence-corrected chi connectivity index (χ3v) is 0.269. The van der Waals surface area contributed by atoms with Crippen LogP contribution in [0.3, 0.4) is 0 Å². The van der Waals surface area contributed by atoms with E-state index in [1.807, 2.05) is 5.32 Å². The first-order chi connectivity index (χ1) is 5.13. The van der Waals surface area contributed by atoms with E-state index in [1.165, 1.54) is 0 Å². The summed E-state index contributed by atoms with van der Waals surface area (Å²) in [5, 5.41) is 15.0. The number of hydrogen-bond acceptors (Lipinski definition) is 6. The van der Waals surface area contributed by atoms with Crippen LogP contribution in [0.4, 0.5) is 0 Å². The molecule has 12 heavy (non-hydrogen) atoms. The lowest BCUT2D eigenvalue weighted by Crippen LogP contribution is -2.58. The average molecular weight is 202 g/mol. The van der Waals surface area contributed by atoms with Crippen LogP contribution in [0.1, 0.15) is 0 Å². The van der Waals surface area contributed by atoms with Gasteiger partial charge in [0.15, 0.2) is 11.9 Å². The quantitative estimate of drug-likeness (QED) is 0.165. The molecule has 0 spiro atoms. The van der Waals surface area contributed by atoms with Gasteiger partial charge in [-0.1, -0.05) is 0 Å². The highest BCUT2D eigenvalue weighted by molar-refractivity contribution is 5.93. The Labute approximate surface area is 69.3 Å². The molecule has 8 N–H and O–H groups in total. The highest BCUT2D eigenvalue weighted by atomic mass is 35.7. The summed E-state index contributed by atoms with van der Waals surface area (Å²) < 4.78 is 32.7. The van der Waals surface area contributed by atoms with Gasteiger partial charge in [-0.15, -0.1) is 0 Å². The van der Waals surface area contributed by atoms with Crippen LogP contribution >= 0.6 is 0 Å². The minimum Gasteiger partial charge on any atom is -0.370 e. The summed E-state index contributed by atoms with van der Waals surface area (Å²) in [6, 6.07) is 0. The van der Waals surface area contributed by atoms with Crippen LogP contribution < -0.4 is 30.8 Å². The second-order valence-corrected chi connectivity index (χ2v) is 2.14. The Morgan fingerprint density at radius 1 is 1.17 bits per heavy atom. The Hall–Kier alpha value is -1.13. The molecule has 0 aromatic rings. The van der Waals surface area contributed by atoms with Gasteiger partial charge in [0, 0.05) is 0 Å². The fourth-order valence-corrected chi connectivity index (χ4v) is 0.145. The molecule has 72 valence electrons. The first kappa shape index (κ1) is 13.5. The summed E-state index contributed by atoms with van der Waals surface area (Å²) in [6.45, 7) is 0. The molecule has 0 unspecified atom stereocenters. The maximum absolute atomic E-state index is 8.60. The van der Waals surface area contributed by atoms with Crippen LogP contribution in [0.5, 0.6) is 0 Å². The Morgan fingerprint density at radius 2 is 1.33 bits per heavy atom. The molecule has 0 aromatic heterocycles. The molecular weight excluding hydrogens is 194 g/mol. The van der Waals surface area contributed by atoms with Gasteiger partial charge in [0.05, 0.1) is 14.9 Å². The normalized spacial score (nSPS) is 9.33. The Morgan fingerprint density at radius 3 is 1.33 bits per heavy atom. The van der Waals surface area contributed by atoms with Crippen molar-refractivity contribution in [1.82, 2.24) is 5.32 Å². The molecule has 0 saturated carbocycles. The van der Waals surface area contributed by atoms with Crippen molar-refractivity contribution in [2.45, 2.75) is 0 Å². The van der Waals surface area contributed by atoms with Crippen LogP contribution in [0, 0.1) is 21.1 Å². The van der Waals surface area contributed by atoms with Crippen LogP contribution in [0.25, 0.3) is 0 Å². The van der Waals surface area contributed by atoms with Crippen molar-refractivity contribution in [1.29, 1.82) is 10.8 Å². The van der Waals surface area contributed by atoms with Gasteiger partial charge in [-0.05, 0) is 0 Å². The minimum atomic E-state index is -4.69. The van der Waals surface area contributed by atoms with E-state index in [1.54, 1.807) is 0 Å². The number of rotatable bonds is 0. The molecule has 0 amide bonds. The SMILES string of the molecule is N=C(N)NC(=N)N.[O-][Cl+3]([O-])([O-])O. The Balaban J connectivity index is 0. The van der Waals surface area contributed by atoms with E-state index < -0.39 is 10.2 Å². The van der Waals surface area contributed by atoms with Crippen LogP contribution in [-0.4, -0.2) is 16.6 Å². The lowest BCUT2D eigenvalue weighted by atomic mass is 10.9. The standard InChI is InChI=1S/C2H7N5.ClHO4/c3-1(4)7-2(5)6;2-1(3,4)5/h(H7,3,4,5,6,7);(H,2,3,4,5). The molecular formula is C2H8ClN5O4. The molecule has 0 bridgehead atoms. The monoisotopic (exact) mass is 201 g/mol. The van der Waals surface area contributed by atoms with Crippen LogP contribution in [0.15, 0.2) is 0 Å². The van der Waals surface area contributed by atoms with E-state index in [0.29, 0.717) is 0 Å². The number of guanidine groups is 2. The molecule has 0 heterocycles. The van der Waals surface area contributed by atoms with Crippen molar-refractivity contribution in [3.8, 4) is 0 Å². The highest BCUT2D eigenvalue weighted by Gasteiger charge is 1.98. The summed E-state index contributed by atoms with van der Waals surface area (Å²) in [6.07, 6.45) is 0. The lowest BCUT2D eigenvalue weighted by Gasteiger charge is -2.03. The predicted octanol–water partition coefficient (Wildman–Crippen LogP) is -5.76. The number of halogens is 1. The zero-order valence-electron chi connectivity index (χ0n) is 5.70. The van der Waals surface area contributed by atoms with E-state index in [4.69, 9.17) is 40.9 Å². The summed E-state index contributed by atoms with van der Waals surface area (Å²) in [5.74, 6) is -0.625. The topological polar surface area (TPSA) is 201 Å². The molecule has 0 aromatic carbocycles. The third-order valence-electron chi connectivity index (χ3n) is 0.269. The molecule has 0 rings (SSSR count). The largest absolute Gasteiger partial charge is 0.370 e. The van der Waals surface area contributed by atoms with Gasteiger partial charge in [-0.3, -0.25) is 16.1 Å². The molecule has 0 fully saturated rings. The van der Waals surface area contributed by atoms with Gasteiger partial charge in [0.25, 0.3) is 0 Å². The number of nitrogens with two attached hydrogens (primary N) is 2.